The number of aryl methyl sites for hydroxylation is 1. The highest BCUT2D eigenvalue weighted by Gasteiger charge is 2.15. The van der Waals surface area contributed by atoms with E-state index in [1.807, 2.05) is 28.8 Å². The SMILES string of the molecule is CCCCCCCCCCCCc1ccccc1S(=O)(=O)[O][Al]. The van der Waals surface area contributed by atoms with E-state index in [0.717, 1.165) is 24.8 Å². The zero-order chi connectivity index (χ0) is 17.0. The smallest absolute Gasteiger partial charge is 0.405 e. The first-order valence-corrected chi connectivity index (χ1v) is 10.7. The third-order valence-electron chi connectivity index (χ3n) is 4.17. The predicted molar refractivity (Wildman–Crippen MR) is 96.0 cm³/mol. The Balaban J connectivity index is 2.22. The number of benzene rings is 1. The lowest BCUT2D eigenvalue weighted by Crippen LogP contribution is -2.07. The molecule has 0 unspecified atom stereocenters. The minimum Gasteiger partial charge on any atom is -0.419 e. The van der Waals surface area contributed by atoms with Gasteiger partial charge in [-0.25, -0.2) is 0 Å². The molecular formula is C18H29AlO3S. The van der Waals surface area contributed by atoms with E-state index in [1.165, 1.54) is 51.4 Å². The average molecular weight is 352 g/mol. The van der Waals surface area contributed by atoms with E-state index >= 15 is 0 Å². The highest BCUT2D eigenvalue weighted by molar-refractivity contribution is 7.87. The fourth-order valence-corrected chi connectivity index (χ4v) is 3.96. The molecule has 5 heteroatoms. The summed E-state index contributed by atoms with van der Waals surface area (Å²) in [5, 5.41) is 0. The maximum Gasteiger partial charge on any atom is 0.405 e. The second-order valence-electron chi connectivity index (χ2n) is 6.09. The molecule has 0 aliphatic heterocycles. The van der Waals surface area contributed by atoms with Gasteiger partial charge in [-0.1, -0.05) is 82.9 Å². The van der Waals surface area contributed by atoms with Crippen molar-refractivity contribution in [3.05, 3.63) is 29.8 Å². The van der Waals surface area contributed by atoms with Crippen LogP contribution in [0.25, 0.3) is 0 Å². The molecule has 0 spiro atoms. The molecule has 128 valence electrons. The summed E-state index contributed by atoms with van der Waals surface area (Å²) in [6.45, 7) is 2.24. The number of rotatable bonds is 13. The van der Waals surface area contributed by atoms with Crippen LogP contribution < -0.4 is 0 Å². The van der Waals surface area contributed by atoms with Crippen molar-refractivity contribution in [3.8, 4) is 0 Å². The molecule has 0 aliphatic carbocycles. The molecule has 23 heavy (non-hydrogen) atoms. The molecule has 0 fully saturated rings. The molecule has 0 bridgehead atoms. The average Bonchev–Trinajstić information content (AvgIpc) is 2.57. The molecule has 0 aliphatic rings. The Bertz CT molecular complexity index is 529. The monoisotopic (exact) mass is 352 g/mol. The van der Waals surface area contributed by atoms with Crippen molar-refractivity contribution in [3.63, 3.8) is 0 Å². The van der Waals surface area contributed by atoms with Crippen LogP contribution in [0.3, 0.4) is 0 Å². The zero-order valence-corrected chi connectivity index (χ0v) is 16.3. The van der Waals surface area contributed by atoms with E-state index in [1.54, 1.807) is 12.1 Å². The first-order chi connectivity index (χ1) is 11.1. The van der Waals surface area contributed by atoms with Crippen molar-refractivity contribution in [2.75, 3.05) is 0 Å². The van der Waals surface area contributed by atoms with Gasteiger partial charge in [0.25, 0.3) is 10.1 Å². The van der Waals surface area contributed by atoms with Gasteiger partial charge in [0.05, 0.1) is 4.90 Å². The third kappa shape index (κ3) is 8.35. The lowest BCUT2D eigenvalue weighted by molar-refractivity contribution is 0.506. The summed E-state index contributed by atoms with van der Waals surface area (Å²) in [5.41, 5.74) is 0.856. The molecule has 0 atom stereocenters. The lowest BCUT2D eigenvalue weighted by Gasteiger charge is -2.10. The molecule has 1 aromatic rings. The summed E-state index contributed by atoms with van der Waals surface area (Å²) < 4.78 is 28.3. The first-order valence-electron chi connectivity index (χ1n) is 8.83. The highest BCUT2D eigenvalue weighted by Crippen LogP contribution is 2.20. The molecule has 0 saturated carbocycles. The van der Waals surface area contributed by atoms with Crippen molar-refractivity contribution < 1.29 is 11.7 Å². The van der Waals surface area contributed by atoms with Crippen molar-refractivity contribution in [1.29, 1.82) is 0 Å². The summed E-state index contributed by atoms with van der Waals surface area (Å²) >= 11 is 1.82. The van der Waals surface area contributed by atoms with Crippen LogP contribution in [0.2, 0.25) is 0 Å². The fourth-order valence-electron chi connectivity index (χ4n) is 2.81. The Hall–Kier alpha value is -0.338. The van der Waals surface area contributed by atoms with Crippen LogP contribution in [0.4, 0.5) is 0 Å². The number of unbranched alkanes of at least 4 members (excludes halogenated alkanes) is 9. The number of hydrogen-bond donors (Lipinski definition) is 0. The Morgan fingerprint density at radius 2 is 1.39 bits per heavy atom. The van der Waals surface area contributed by atoms with Crippen LogP contribution >= 0.6 is 0 Å². The van der Waals surface area contributed by atoms with E-state index in [0.29, 0.717) is 4.90 Å². The highest BCUT2D eigenvalue weighted by atomic mass is 32.2. The lowest BCUT2D eigenvalue weighted by atomic mass is 10.0. The first kappa shape index (κ1) is 20.7. The van der Waals surface area contributed by atoms with Crippen LogP contribution in [0, 0.1) is 0 Å². The van der Waals surface area contributed by atoms with E-state index < -0.39 is 10.1 Å². The van der Waals surface area contributed by atoms with Crippen molar-refractivity contribution in [2.45, 2.75) is 82.4 Å². The molecule has 0 heterocycles. The normalized spacial score (nSPS) is 11.7. The van der Waals surface area contributed by atoms with Crippen LogP contribution in [-0.4, -0.2) is 25.0 Å². The topological polar surface area (TPSA) is 43.4 Å². The van der Waals surface area contributed by atoms with Gasteiger partial charge in [-0.2, -0.15) is 8.42 Å². The molecule has 0 N–H and O–H groups in total. The minimum atomic E-state index is -3.63. The van der Waals surface area contributed by atoms with Gasteiger partial charge in [-0.05, 0) is 24.5 Å². The zero-order valence-electron chi connectivity index (χ0n) is 14.3. The summed E-state index contributed by atoms with van der Waals surface area (Å²) in [6.07, 6.45) is 13.6. The molecular weight excluding hydrogens is 323 g/mol. The molecule has 0 saturated heterocycles. The van der Waals surface area contributed by atoms with Crippen LogP contribution in [0.5, 0.6) is 0 Å². The molecule has 0 aromatic heterocycles. The Kier molecular flexibility index (Phi) is 10.9. The maximum absolute atomic E-state index is 11.9. The summed E-state index contributed by atoms with van der Waals surface area (Å²) in [7, 11) is -3.63. The second-order valence-corrected chi connectivity index (χ2v) is 8.21. The minimum absolute atomic E-state index is 0.297. The van der Waals surface area contributed by atoms with Gasteiger partial charge in [-0.3, -0.25) is 0 Å². The predicted octanol–water partition coefficient (Wildman–Crippen LogP) is 4.94. The summed E-state index contributed by atoms with van der Waals surface area (Å²) in [6, 6.07) is 7.11. The maximum atomic E-state index is 11.9. The molecule has 1 aromatic carbocycles. The third-order valence-corrected chi connectivity index (χ3v) is 6.12. The Morgan fingerprint density at radius 3 is 1.96 bits per heavy atom. The van der Waals surface area contributed by atoms with Crippen LogP contribution in [0.15, 0.2) is 29.2 Å². The van der Waals surface area contributed by atoms with Crippen LogP contribution in [0.1, 0.15) is 76.7 Å². The Labute approximate surface area is 150 Å². The van der Waals surface area contributed by atoms with E-state index in [4.69, 9.17) is 0 Å². The second kappa shape index (κ2) is 12.1. The fraction of sp³-hybridized carbons (Fsp3) is 0.667. The molecule has 1 rings (SSSR count). The molecule has 0 amide bonds. The van der Waals surface area contributed by atoms with Gasteiger partial charge in [-0.15, -0.1) is 0 Å². The van der Waals surface area contributed by atoms with Crippen LogP contribution in [-0.2, 0) is 19.8 Å². The van der Waals surface area contributed by atoms with Crippen molar-refractivity contribution in [1.82, 2.24) is 0 Å². The Morgan fingerprint density at radius 1 is 0.870 bits per heavy atom. The molecule has 2 radical (unpaired) electrons. The van der Waals surface area contributed by atoms with Gasteiger partial charge in [0.2, 0.25) is 0 Å². The van der Waals surface area contributed by atoms with Gasteiger partial charge in [0.1, 0.15) is 0 Å². The van der Waals surface area contributed by atoms with Gasteiger partial charge in [0, 0.05) is 0 Å². The van der Waals surface area contributed by atoms with Crippen molar-refractivity contribution in [2.24, 2.45) is 0 Å². The van der Waals surface area contributed by atoms with Gasteiger partial charge < -0.3 is 3.23 Å². The van der Waals surface area contributed by atoms with E-state index in [9.17, 15) is 8.42 Å². The quantitative estimate of drug-likeness (QED) is 0.373. The van der Waals surface area contributed by atoms with Gasteiger partial charge >= 0.3 is 16.6 Å². The summed E-state index contributed by atoms with van der Waals surface area (Å²) in [4.78, 5) is 0.297. The summed E-state index contributed by atoms with van der Waals surface area (Å²) in [5.74, 6) is 0. The van der Waals surface area contributed by atoms with Crippen molar-refractivity contribution >= 4 is 26.7 Å². The largest absolute Gasteiger partial charge is 0.419 e. The van der Waals surface area contributed by atoms with Gasteiger partial charge in [0.15, 0.2) is 0 Å². The van der Waals surface area contributed by atoms with E-state index in [-0.39, 0.29) is 0 Å². The molecule has 3 nitrogen and oxygen atoms in total. The van der Waals surface area contributed by atoms with E-state index in [2.05, 4.69) is 10.2 Å². The number of hydrogen-bond acceptors (Lipinski definition) is 3. The standard InChI is InChI=1S/C18H30O3S.Al/c1-2-3-4-5-6-7-8-9-10-11-14-17-15-12-13-16-18(17)22(19,20)21;/h12-13,15-16H,2-11,14H2,1H3,(H,19,20,21);/q;+1/p-1.